The molecule has 0 bridgehead atoms. The maximum atomic E-state index is 12.9. The normalized spacial score (nSPS) is 16.8. The maximum absolute atomic E-state index is 12.9. The van der Waals surface area contributed by atoms with E-state index in [9.17, 15) is 4.79 Å². The third-order valence-corrected chi connectivity index (χ3v) is 6.91. The van der Waals surface area contributed by atoms with Gasteiger partial charge in [-0.15, -0.1) is 11.8 Å². The molecule has 0 saturated carbocycles. The summed E-state index contributed by atoms with van der Waals surface area (Å²) in [4.78, 5) is 14.1. The van der Waals surface area contributed by atoms with Crippen LogP contribution in [0.1, 0.15) is 50.6 Å². The molecule has 2 atom stereocenters. The zero-order valence-corrected chi connectivity index (χ0v) is 17.3. The first-order chi connectivity index (χ1) is 14.8. The van der Waals surface area contributed by atoms with Crippen molar-refractivity contribution >= 4 is 17.5 Å². The molecule has 5 rings (SSSR count). The first kappa shape index (κ1) is 19.0. The molecule has 1 heterocycles. The van der Waals surface area contributed by atoms with Crippen LogP contribution in [0.25, 0.3) is 0 Å². The molecule has 0 N–H and O–H groups in total. The predicted molar refractivity (Wildman–Crippen MR) is 121 cm³/mol. The summed E-state index contributed by atoms with van der Waals surface area (Å²) in [5, 5.41) is 0.00201. The Hall–Kier alpha value is -3.04. The molecule has 3 aromatic carbocycles. The van der Waals surface area contributed by atoms with Gasteiger partial charge < -0.3 is 4.42 Å². The average Bonchev–Trinajstić information content (AvgIpc) is 3.24. The summed E-state index contributed by atoms with van der Waals surface area (Å²) in [6, 6.07) is 33.0. The Balaban J connectivity index is 1.50. The summed E-state index contributed by atoms with van der Waals surface area (Å²) >= 11 is 1.75. The van der Waals surface area contributed by atoms with E-state index in [1.807, 2.05) is 60.7 Å². The highest BCUT2D eigenvalue weighted by Gasteiger charge is 2.32. The van der Waals surface area contributed by atoms with Gasteiger partial charge >= 0.3 is 0 Å². The van der Waals surface area contributed by atoms with Crippen molar-refractivity contribution < 1.29 is 9.21 Å². The quantitative estimate of drug-likeness (QED) is 0.330. The van der Waals surface area contributed by atoms with E-state index in [0.717, 1.165) is 23.5 Å². The van der Waals surface area contributed by atoms with Crippen LogP contribution in [0.5, 0.6) is 0 Å². The van der Waals surface area contributed by atoms with Crippen LogP contribution >= 0.6 is 11.8 Å². The second kappa shape index (κ2) is 8.37. The van der Waals surface area contributed by atoms with Crippen LogP contribution in [-0.4, -0.2) is 5.78 Å². The predicted octanol–water partition coefficient (Wildman–Crippen LogP) is 7.07. The lowest BCUT2D eigenvalue weighted by Crippen LogP contribution is -2.17. The molecule has 0 radical (unpaired) electrons. The number of rotatable bonds is 5. The monoisotopic (exact) mass is 410 g/mol. The van der Waals surface area contributed by atoms with Crippen molar-refractivity contribution in [2.45, 2.75) is 28.9 Å². The van der Waals surface area contributed by atoms with Crippen molar-refractivity contribution in [1.29, 1.82) is 0 Å². The summed E-state index contributed by atoms with van der Waals surface area (Å²) in [6.07, 6.45) is 1.31. The Morgan fingerprint density at radius 2 is 1.43 bits per heavy atom. The number of Topliss-reactive ketones (excluding diaryl/α,β-unsaturated/α-hetero) is 1. The smallest absolute Gasteiger partial charge is 0.167 e. The molecule has 1 aliphatic carbocycles. The average molecular weight is 411 g/mol. The Morgan fingerprint density at radius 1 is 0.800 bits per heavy atom. The Kier molecular flexibility index (Phi) is 5.29. The molecule has 3 heteroatoms. The minimum absolute atomic E-state index is 0.00201. The lowest BCUT2D eigenvalue weighted by atomic mass is 9.83. The van der Waals surface area contributed by atoms with Crippen molar-refractivity contribution in [1.82, 2.24) is 0 Å². The topological polar surface area (TPSA) is 30.2 Å². The van der Waals surface area contributed by atoms with Gasteiger partial charge in [0.2, 0.25) is 0 Å². The number of hydrogen-bond acceptors (Lipinski definition) is 3. The fourth-order valence-electron chi connectivity index (χ4n) is 4.11. The number of fused-ring (bicyclic) bond motifs is 1. The van der Waals surface area contributed by atoms with Crippen LogP contribution < -0.4 is 0 Å². The molecule has 2 nitrogen and oxygen atoms in total. The van der Waals surface area contributed by atoms with E-state index in [1.165, 1.54) is 16.0 Å². The van der Waals surface area contributed by atoms with E-state index in [-0.39, 0.29) is 17.0 Å². The summed E-state index contributed by atoms with van der Waals surface area (Å²) in [5.41, 5.74) is 3.13. The maximum Gasteiger partial charge on any atom is 0.167 e. The zero-order chi connectivity index (χ0) is 20.3. The molecule has 1 aliphatic rings. The standard InChI is InChI=1S/C27H22O2S/c28-24-16-21(19-10-4-1-5-11-19)17-25-23(24)18-26(29-25)27(20-12-6-2-7-13-20)30-22-14-8-3-9-15-22/h1-15,18,21,27H,16-17H2. The number of furan rings is 1. The molecule has 0 amide bonds. The Morgan fingerprint density at radius 3 is 2.13 bits per heavy atom. The SMILES string of the molecule is O=C1CC(c2ccccc2)Cc2oc(C(Sc3ccccc3)c3ccccc3)cc21. The van der Waals surface area contributed by atoms with E-state index in [2.05, 4.69) is 36.4 Å². The number of ketones is 1. The van der Waals surface area contributed by atoms with Crippen LogP contribution in [0.15, 0.2) is 106 Å². The second-order valence-electron chi connectivity index (χ2n) is 7.65. The van der Waals surface area contributed by atoms with Crippen molar-refractivity contribution in [3.8, 4) is 0 Å². The summed E-state index contributed by atoms with van der Waals surface area (Å²) in [6.45, 7) is 0. The second-order valence-corrected chi connectivity index (χ2v) is 8.82. The highest BCUT2D eigenvalue weighted by molar-refractivity contribution is 7.99. The van der Waals surface area contributed by atoms with Gasteiger partial charge in [0.15, 0.2) is 5.78 Å². The Bertz CT molecular complexity index is 1130. The zero-order valence-electron chi connectivity index (χ0n) is 16.5. The van der Waals surface area contributed by atoms with Crippen LogP contribution in [0.2, 0.25) is 0 Å². The van der Waals surface area contributed by atoms with Crippen molar-refractivity contribution in [3.63, 3.8) is 0 Å². The van der Waals surface area contributed by atoms with Crippen LogP contribution in [-0.2, 0) is 6.42 Å². The molecule has 0 spiro atoms. The van der Waals surface area contributed by atoms with E-state index < -0.39 is 0 Å². The Labute approximate surface area is 181 Å². The first-order valence-corrected chi connectivity index (χ1v) is 11.1. The molecule has 1 aromatic heterocycles. The number of carbonyl (C=O) groups is 1. The molecule has 0 saturated heterocycles. The summed E-state index contributed by atoms with van der Waals surface area (Å²) < 4.78 is 6.38. The number of hydrogen-bond donors (Lipinski definition) is 0. The van der Waals surface area contributed by atoms with Gasteiger partial charge in [0, 0.05) is 17.7 Å². The fourth-order valence-corrected chi connectivity index (χ4v) is 5.22. The summed E-state index contributed by atoms with van der Waals surface area (Å²) in [7, 11) is 0. The van der Waals surface area contributed by atoms with Crippen LogP contribution in [0, 0.1) is 0 Å². The van der Waals surface area contributed by atoms with Gasteiger partial charge in [-0.25, -0.2) is 0 Å². The van der Waals surface area contributed by atoms with Crippen LogP contribution in [0.3, 0.4) is 0 Å². The number of benzene rings is 3. The third kappa shape index (κ3) is 3.86. The van der Waals surface area contributed by atoms with Crippen molar-refractivity contribution in [2.24, 2.45) is 0 Å². The lowest BCUT2D eigenvalue weighted by Gasteiger charge is -2.20. The largest absolute Gasteiger partial charge is 0.464 e. The van der Waals surface area contributed by atoms with E-state index >= 15 is 0 Å². The van der Waals surface area contributed by atoms with E-state index in [4.69, 9.17) is 4.42 Å². The molecule has 148 valence electrons. The molecule has 4 aromatic rings. The molecular formula is C27H22O2S. The fraction of sp³-hybridized carbons (Fsp3) is 0.148. The third-order valence-electron chi connectivity index (χ3n) is 5.62. The molecule has 2 unspecified atom stereocenters. The first-order valence-electron chi connectivity index (χ1n) is 10.3. The summed E-state index contributed by atoms with van der Waals surface area (Å²) in [5.74, 6) is 2.03. The minimum Gasteiger partial charge on any atom is -0.464 e. The van der Waals surface area contributed by atoms with Gasteiger partial charge in [-0.3, -0.25) is 4.79 Å². The van der Waals surface area contributed by atoms with Crippen molar-refractivity contribution in [2.75, 3.05) is 0 Å². The van der Waals surface area contributed by atoms with Gasteiger partial charge in [-0.2, -0.15) is 0 Å². The highest BCUT2D eigenvalue weighted by atomic mass is 32.2. The van der Waals surface area contributed by atoms with Gasteiger partial charge in [-0.1, -0.05) is 78.9 Å². The van der Waals surface area contributed by atoms with Gasteiger partial charge in [0.05, 0.1) is 10.8 Å². The van der Waals surface area contributed by atoms with Gasteiger partial charge in [0.25, 0.3) is 0 Å². The molecule has 30 heavy (non-hydrogen) atoms. The number of thioether (sulfide) groups is 1. The highest BCUT2D eigenvalue weighted by Crippen LogP contribution is 2.43. The molecular weight excluding hydrogens is 388 g/mol. The lowest BCUT2D eigenvalue weighted by molar-refractivity contribution is 0.0960. The van der Waals surface area contributed by atoms with Gasteiger partial charge in [-0.05, 0) is 35.2 Å². The van der Waals surface area contributed by atoms with E-state index in [1.54, 1.807) is 11.8 Å². The molecule has 0 fully saturated rings. The molecule has 0 aliphatic heterocycles. The van der Waals surface area contributed by atoms with Crippen molar-refractivity contribution in [3.05, 3.63) is 125 Å². The number of carbonyl (C=O) groups excluding carboxylic acids is 1. The van der Waals surface area contributed by atoms with E-state index in [0.29, 0.717) is 6.42 Å². The van der Waals surface area contributed by atoms with Gasteiger partial charge in [0.1, 0.15) is 11.5 Å². The van der Waals surface area contributed by atoms with Crippen LogP contribution in [0.4, 0.5) is 0 Å². The minimum atomic E-state index is 0.00201.